The van der Waals surface area contributed by atoms with Crippen LogP contribution in [0.25, 0.3) is 5.65 Å². The summed E-state index contributed by atoms with van der Waals surface area (Å²) in [5, 5.41) is 8.15. The topological polar surface area (TPSA) is 76.5 Å². The Balaban J connectivity index is 1.91. The predicted molar refractivity (Wildman–Crippen MR) is 79.5 cm³/mol. The lowest BCUT2D eigenvalue weighted by Gasteiger charge is -2.14. The molecule has 22 heavy (non-hydrogen) atoms. The summed E-state index contributed by atoms with van der Waals surface area (Å²) in [4.78, 5) is 18.6. The number of aromatic nitrogens is 4. The monoisotopic (exact) mass is 299 g/mol. The molecule has 7 heteroatoms. The fourth-order valence-corrected chi connectivity index (χ4v) is 2.43. The van der Waals surface area contributed by atoms with E-state index in [-0.39, 0.29) is 5.91 Å². The Morgan fingerprint density at radius 1 is 1.32 bits per heavy atom. The third-order valence-electron chi connectivity index (χ3n) is 3.43. The molecular formula is C15H17N5O2. The summed E-state index contributed by atoms with van der Waals surface area (Å²) < 4.78 is 6.70. The van der Waals surface area contributed by atoms with Crippen molar-refractivity contribution >= 4 is 11.6 Å². The van der Waals surface area contributed by atoms with E-state index in [1.165, 1.54) is 0 Å². The van der Waals surface area contributed by atoms with E-state index in [1.807, 2.05) is 32.9 Å². The van der Waals surface area contributed by atoms with Crippen LogP contribution in [0.15, 0.2) is 22.9 Å². The zero-order chi connectivity index (χ0) is 15.9. The zero-order valence-corrected chi connectivity index (χ0v) is 13.0. The van der Waals surface area contributed by atoms with E-state index >= 15 is 0 Å². The van der Waals surface area contributed by atoms with Crippen molar-refractivity contribution in [3.05, 3.63) is 46.7 Å². The maximum absolute atomic E-state index is 12.6. The van der Waals surface area contributed by atoms with Crippen LogP contribution < -0.4 is 0 Å². The van der Waals surface area contributed by atoms with Gasteiger partial charge in [-0.15, -0.1) is 0 Å². The minimum atomic E-state index is -0.145. The van der Waals surface area contributed by atoms with Gasteiger partial charge in [0.25, 0.3) is 5.91 Å². The summed E-state index contributed by atoms with van der Waals surface area (Å²) in [7, 11) is 1.72. The largest absolute Gasteiger partial charge is 0.361 e. The molecule has 3 heterocycles. The molecule has 3 rings (SSSR count). The fourth-order valence-electron chi connectivity index (χ4n) is 2.43. The van der Waals surface area contributed by atoms with Crippen molar-refractivity contribution in [3.63, 3.8) is 0 Å². The smallest absolute Gasteiger partial charge is 0.259 e. The van der Waals surface area contributed by atoms with Crippen LogP contribution in [0.3, 0.4) is 0 Å². The molecule has 0 aliphatic carbocycles. The number of amides is 1. The van der Waals surface area contributed by atoms with Crippen molar-refractivity contribution in [3.8, 4) is 0 Å². The molecule has 0 aromatic carbocycles. The molecule has 3 aromatic rings. The van der Waals surface area contributed by atoms with Crippen LogP contribution >= 0.6 is 0 Å². The second kappa shape index (κ2) is 5.25. The third kappa shape index (κ3) is 2.45. The molecule has 3 aromatic heterocycles. The Kier molecular flexibility index (Phi) is 3.40. The van der Waals surface area contributed by atoms with E-state index in [1.54, 1.807) is 22.7 Å². The van der Waals surface area contributed by atoms with Gasteiger partial charge in [0.2, 0.25) is 0 Å². The summed E-state index contributed by atoms with van der Waals surface area (Å²) in [6.45, 7) is 6.03. The highest BCUT2D eigenvalue weighted by Gasteiger charge is 2.20. The van der Waals surface area contributed by atoms with Crippen LogP contribution in [-0.2, 0) is 6.54 Å². The fraction of sp³-hybridized carbons (Fsp3) is 0.333. The van der Waals surface area contributed by atoms with E-state index in [0.717, 1.165) is 17.1 Å². The van der Waals surface area contributed by atoms with Gasteiger partial charge in [0.1, 0.15) is 17.0 Å². The second-order valence-electron chi connectivity index (χ2n) is 5.42. The van der Waals surface area contributed by atoms with Gasteiger partial charge in [-0.25, -0.2) is 9.50 Å². The van der Waals surface area contributed by atoms with Crippen molar-refractivity contribution in [1.29, 1.82) is 0 Å². The lowest BCUT2D eigenvalue weighted by molar-refractivity contribution is 0.0784. The van der Waals surface area contributed by atoms with Gasteiger partial charge in [-0.3, -0.25) is 4.79 Å². The van der Waals surface area contributed by atoms with Gasteiger partial charge in [-0.1, -0.05) is 5.16 Å². The molecule has 0 unspecified atom stereocenters. The van der Waals surface area contributed by atoms with Gasteiger partial charge in [-0.2, -0.15) is 5.10 Å². The summed E-state index contributed by atoms with van der Waals surface area (Å²) in [5.74, 6) is 0.577. The van der Waals surface area contributed by atoms with Crippen molar-refractivity contribution in [2.45, 2.75) is 27.3 Å². The highest BCUT2D eigenvalue weighted by atomic mass is 16.5. The molecular weight excluding hydrogens is 282 g/mol. The maximum atomic E-state index is 12.6. The molecule has 0 aliphatic heterocycles. The quantitative estimate of drug-likeness (QED) is 0.738. The standard InChI is InChI=1S/C15H17N5O2/c1-9-5-10(2)20-14(17-9)13(7-16-20)15(21)19(4)8-12-6-11(3)22-18-12/h5-7H,8H2,1-4H3. The van der Waals surface area contributed by atoms with E-state index in [9.17, 15) is 4.79 Å². The Morgan fingerprint density at radius 3 is 2.77 bits per heavy atom. The highest BCUT2D eigenvalue weighted by Crippen LogP contribution is 2.15. The zero-order valence-electron chi connectivity index (χ0n) is 13.0. The molecule has 0 saturated carbocycles. The number of hydrogen-bond acceptors (Lipinski definition) is 5. The van der Waals surface area contributed by atoms with E-state index < -0.39 is 0 Å². The Hall–Kier alpha value is -2.70. The lowest BCUT2D eigenvalue weighted by atomic mass is 10.2. The molecule has 114 valence electrons. The first-order chi connectivity index (χ1) is 10.5. The number of rotatable bonds is 3. The molecule has 7 nitrogen and oxygen atoms in total. The molecule has 0 aliphatic rings. The van der Waals surface area contributed by atoms with Crippen LogP contribution in [0.5, 0.6) is 0 Å². The molecule has 1 amide bonds. The SMILES string of the molecule is Cc1cc(C)n2ncc(C(=O)N(C)Cc3cc(C)on3)c2n1. The first-order valence-corrected chi connectivity index (χ1v) is 6.95. The first kappa shape index (κ1) is 14.2. The molecule has 0 spiro atoms. The van der Waals surface area contributed by atoms with Gasteiger partial charge >= 0.3 is 0 Å². The number of carbonyl (C=O) groups is 1. The van der Waals surface area contributed by atoms with Gasteiger partial charge in [-0.05, 0) is 26.8 Å². The van der Waals surface area contributed by atoms with Crippen LogP contribution in [0.4, 0.5) is 0 Å². The molecule has 0 atom stereocenters. The number of aryl methyl sites for hydroxylation is 3. The van der Waals surface area contributed by atoms with Gasteiger partial charge in [0, 0.05) is 24.5 Å². The third-order valence-corrected chi connectivity index (χ3v) is 3.43. The summed E-state index contributed by atoms with van der Waals surface area (Å²) in [5.41, 5.74) is 3.57. The van der Waals surface area contributed by atoms with Crippen LogP contribution in [0.2, 0.25) is 0 Å². The average molecular weight is 299 g/mol. The van der Waals surface area contributed by atoms with Gasteiger partial charge < -0.3 is 9.42 Å². The molecule has 0 bridgehead atoms. The van der Waals surface area contributed by atoms with Crippen LogP contribution in [0, 0.1) is 20.8 Å². The summed E-state index contributed by atoms with van der Waals surface area (Å²) in [6, 6.07) is 3.74. The minimum Gasteiger partial charge on any atom is -0.361 e. The lowest BCUT2D eigenvalue weighted by Crippen LogP contribution is -2.26. The minimum absolute atomic E-state index is 0.145. The van der Waals surface area contributed by atoms with Crippen molar-refractivity contribution in [2.24, 2.45) is 0 Å². The van der Waals surface area contributed by atoms with Gasteiger partial charge in [0.15, 0.2) is 5.65 Å². The van der Waals surface area contributed by atoms with Crippen molar-refractivity contribution in [1.82, 2.24) is 24.7 Å². The van der Waals surface area contributed by atoms with E-state index in [0.29, 0.717) is 23.4 Å². The van der Waals surface area contributed by atoms with Gasteiger partial charge in [0.05, 0.1) is 12.7 Å². The predicted octanol–water partition coefficient (Wildman–Crippen LogP) is 1.91. The van der Waals surface area contributed by atoms with Crippen LogP contribution in [0.1, 0.15) is 33.2 Å². The number of hydrogen-bond donors (Lipinski definition) is 0. The Bertz CT molecular complexity index is 849. The maximum Gasteiger partial charge on any atom is 0.259 e. The van der Waals surface area contributed by atoms with E-state index in [2.05, 4.69) is 15.2 Å². The average Bonchev–Trinajstić information content (AvgIpc) is 3.04. The molecule has 0 fully saturated rings. The Morgan fingerprint density at radius 2 is 2.09 bits per heavy atom. The van der Waals surface area contributed by atoms with Crippen LogP contribution in [-0.4, -0.2) is 37.6 Å². The normalized spacial score (nSPS) is 11.1. The van der Waals surface area contributed by atoms with Crippen molar-refractivity contribution in [2.75, 3.05) is 7.05 Å². The second-order valence-corrected chi connectivity index (χ2v) is 5.42. The molecule has 0 radical (unpaired) electrons. The summed E-state index contributed by atoms with van der Waals surface area (Å²) in [6.07, 6.45) is 1.56. The number of nitrogens with zero attached hydrogens (tertiary/aromatic N) is 5. The van der Waals surface area contributed by atoms with E-state index in [4.69, 9.17) is 4.52 Å². The highest BCUT2D eigenvalue weighted by molar-refractivity contribution is 5.99. The number of carbonyl (C=O) groups excluding carboxylic acids is 1. The molecule has 0 N–H and O–H groups in total. The first-order valence-electron chi connectivity index (χ1n) is 6.95. The molecule has 0 saturated heterocycles. The Labute approximate surface area is 127 Å². The number of fused-ring (bicyclic) bond motifs is 1. The summed E-state index contributed by atoms with van der Waals surface area (Å²) >= 11 is 0. The van der Waals surface area contributed by atoms with Crippen molar-refractivity contribution < 1.29 is 9.32 Å².